The van der Waals surface area contributed by atoms with Crippen molar-refractivity contribution in [1.29, 1.82) is 0 Å². The monoisotopic (exact) mass is 252 g/mol. The maximum absolute atomic E-state index is 6.09. The number of hydrogen-bond acceptors (Lipinski definition) is 4. The van der Waals surface area contributed by atoms with Crippen LogP contribution in [0.4, 0.5) is 0 Å². The first-order valence-corrected chi connectivity index (χ1v) is 6.74. The van der Waals surface area contributed by atoms with Crippen molar-refractivity contribution >= 4 is 0 Å². The maximum Gasteiger partial charge on any atom is 0.0950 e. The number of nitrogens with two attached hydrogens (primary N) is 1. The highest BCUT2D eigenvalue weighted by molar-refractivity contribution is 5.03. The Morgan fingerprint density at radius 3 is 2.72 bits per heavy atom. The second-order valence-corrected chi connectivity index (χ2v) is 5.26. The summed E-state index contributed by atoms with van der Waals surface area (Å²) >= 11 is 0. The Kier molecular flexibility index (Phi) is 4.74. The zero-order valence-corrected chi connectivity index (χ0v) is 11.4. The molecule has 1 saturated heterocycles. The Balaban J connectivity index is 1.82. The summed E-state index contributed by atoms with van der Waals surface area (Å²) in [6.07, 6.45) is 3.96. The number of rotatable bonds is 5. The number of nitrogens with zero attached hydrogens (tertiary/aromatic N) is 3. The van der Waals surface area contributed by atoms with Crippen LogP contribution in [0, 0.1) is 5.92 Å². The topological polar surface area (TPSA) is 56.3 Å². The summed E-state index contributed by atoms with van der Waals surface area (Å²) in [6, 6.07) is 0.0367. The summed E-state index contributed by atoms with van der Waals surface area (Å²) < 4.78 is 7.47. The molecule has 5 heteroatoms. The van der Waals surface area contributed by atoms with E-state index in [0.29, 0.717) is 5.92 Å². The molecule has 2 rings (SSSR count). The van der Waals surface area contributed by atoms with Crippen molar-refractivity contribution in [3.63, 3.8) is 0 Å². The van der Waals surface area contributed by atoms with Gasteiger partial charge in [0.2, 0.25) is 0 Å². The van der Waals surface area contributed by atoms with Gasteiger partial charge in [-0.3, -0.25) is 4.90 Å². The van der Waals surface area contributed by atoms with E-state index < -0.39 is 0 Å². The van der Waals surface area contributed by atoms with E-state index in [1.165, 1.54) is 0 Å². The summed E-state index contributed by atoms with van der Waals surface area (Å²) in [4.78, 5) is 6.82. The van der Waals surface area contributed by atoms with E-state index in [4.69, 9.17) is 10.5 Å². The molecule has 1 aromatic rings. The SMILES string of the molecule is CC(C)[C@H](N)c1cn(CCN2CCOCC2)cn1. The molecule has 0 spiro atoms. The van der Waals surface area contributed by atoms with Gasteiger partial charge in [0.25, 0.3) is 0 Å². The van der Waals surface area contributed by atoms with Crippen LogP contribution in [0.25, 0.3) is 0 Å². The largest absolute Gasteiger partial charge is 0.379 e. The van der Waals surface area contributed by atoms with E-state index in [2.05, 4.69) is 34.5 Å². The van der Waals surface area contributed by atoms with Crippen LogP contribution >= 0.6 is 0 Å². The predicted molar refractivity (Wildman–Crippen MR) is 71.3 cm³/mol. The van der Waals surface area contributed by atoms with Crippen LogP contribution in [-0.4, -0.2) is 47.3 Å². The van der Waals surface area contributed by atoms with Crippen molar-refractivity contribution in [1.82, 2.24) is 14.5 Å². The molecule has 2 heterocycles. The van der Waals surface area contributed by atoms with Crippen LogP contribution in [0.2, 0.25) is 0 Å². The molecule has 0 radical (unpaired) electrons. The third kappa shape index (κ3) is 3.54. The Labute approximate surface area is 109 Å². The third-order valence-corrected chi connectivity index (χ3v) is 3.49. The van der Waals surface area contributed by atoms with E-state index in [9.17, 15) is 0 Å². The van der Waals surface area contributed by atoms with Crippen molar-refractivity contribution in [3.05, 3.63) is 18.2 Å². The number of imidazole rings is 1. The smallest absolute Gasteiger partial charge is 0.0950 e. The fraction of sp³-hybridized carbons (Fsp3) is 0.769. The highest BCUT2D eigenvalue weighted by atomic mass is 16.5. The minimum atomic E-state index is 0.0367. The molecule has 0 unspecified atom stereocenters. The lowest BCUT2D eigenvalue weighted by Gasteiger charge is -2.26. The fourth-order valence-electron chi connectivity index (χ4n) is 2.09. The predicted octanol–water partition coefficient (Wildman–Crippen LogP) is 0.871. The van der Waals surface area contributed by atoms with Crippen LogP contribution in [0.5, 0.6) is 0 Å². The van der Waals surface area contributed by atoms with Gasteiger partial charge >= 0.3 is 0 Å². The summed E-state index contributed by atoms with van der Waals surface area (Å²) in [5, 5.41) is 0. The van der Waals surface area contributed by atoms with Gasteiger partial charge in [-0.05, 0) is 5.92 Å². The van der Waals surface area contributed by atoms with Crippen LogP contribution in [0.15, 0.2) is 12.5 Å². The molecule has 0 aromatic carbocycles. The van der Waals surface area contributed by atoms with Gasteiger partial charge in [-0.15, -0.1) is 0 Å². The highest BCUT2D eigenvalue weighted by Crippen LogP contribution is 2.16. The zero-order valence-electron chi connectivity index (χ0n) is 11.4. The van der Waals surface area contributed by atoms with Gasteiger partial charge in [0.05, 0.1) is 31.3 Å². The lowest BCUT2D eigenvalue weighted by Crippen LogP contribution is -2.38. The van der Waals surface area contributed by atoms with Crippen molar-refractivity contribution in [2.24, 2.45) is 11.7 Å². The van der Waals surface area contributed by atoms with Gasteiger partial charge in [0.15, 0.2) is 0 Å². The molecule has 1 fully saturated rings. The van der Waals surface area contributed by atoms with Gasteiger partial charge in [-0.25, -0.2) is 4.98 Å². The average molecular weight is 252 g/mol. The van der Waals surface area contributed by atoms with Crippen LogP contribution in [0.1, 0.15) is 25.6 Å². The molecule has 0 bridgehead atoms. The van der Waals surface area contributed by atoms with E-state index in [-0.39, 0.29) is 6.04 Å². The Morgan fingerprint density at radius 1 is 1.33 bits per heavy atom. The first-order chi connectivity index (χ1) is 8.66. The number of ether oxygens (including phenoxy) is 1. The zero-order chi connectivity index (χ0) is 13.0. The molecule has 0 aliphatic carbocycles. The molecule has 18 heavy (non-hydrogen) atoms. The van der Waals surface area contributed by atoms with Crippen molar-refractivity contribution in [3.8, 4) is 0 Å². The van der Waals surface area contributed by atoms with Crippen molar-refractivity contribution in [2.45, 2.75) is 26.4 Å². The number of hydrogen-bond donors (Lipinski definition) is 1. The molecule has 1 aliphatic heterocycles. The Hall–Kier alpha value is -0.910. The molecular weight excluding hydrogens is 228 g/mol. The van der Waals surface area contributed by atoms with Crippen LogP contribution in [0.3, 0.4) is 0 Å². The molecule has 1 aromatic heterocycles. The first kappa shape index (κ1) is 13.5. The Bertz CT molecular complexity index is 358. The molecule has 2 N–H and O–H groups in total. The minimum absolute atomic E-state index is 0.0367. The summed E-state index contributed by atoms with van der Waals surface area (Å²) in [5.74, 6) is 0.424. The molecule has 102 valence electrons. The second-order valence-electron chi connectivity index (χ2n) is 5.26. The molecule has 0 saturated carbocycles. The van der Waals surface area contributed by atoms with E-state index >= 15 is 0 Å². The summed E-state index contributed by atoms with van der Waals surface area (Å²) in [5.41, 5.74) is 7.08. The van der Waals surface area contributed by atoms with Crippen molar-refractivity contribution in [2.75, 3.05) is 32.8 Å². The van der Waals surface area contributed by atoms with Gasteiger partial charge in [0, 0.05) is 32.4 Å². The average Bonchev–Trinajstić information content (AvgIpc) is 2.85. The van der Waals surface area contributed by atoms with Crippen LogP contribution in [-0.2, 0) is 11.3 Å². The van der Waals surface area contributed by atoms with Crippen LogP contribution < -0.4 is 5.73 Å². The second kappa shape index (κ2) is 6.31. The number of aromatic nitrogens is 2. The molecule has 0 amide bonds. The van der Waals surface area contributed by atoms with E-state index in [1.807, 2.05) is 6.33 Å². The first-order valence-electron chi connectivity index (χ1n) is 6.74. The number of morpholine rings is 1. The van der Waals surface area contributed by atoms with Crippen molar-refractivity contribution < 1.29 is 4.74 Å². The molecule has 5 nitrogen and oxygen atoms in total. The molecule has 1 aliphatic rings. The summed E-state index contributed by atoms with van der Waals surface area (Å²) in [7, 11) is 0. The van der Waals surface area contributed by atoms with Gasteiger partial charge in [0.1, 0.15) is 0 Å². The van der Waals surface area contributed by atoms with Gasteiger partial charge < -0.3 is 15.0 Å². The standard InChI is InChI=1S/C13H24N4O/c1-11(2)13(14)12-9-17(10-15-12)4-3-16-5-7-18-8-6-16/h9-11,13H,3-8,14H2,1-2H3/t13-/m0/s1. The third-order valence-electron chi connectivity index (χ3n) is 3.49. The Morgan fingerprint density at radius 2 is 2.06 bits per heavy atom. The van der Waals surface area contributed by atoms with E-state index in [0.717, 1.165) is 45.1 Å². The minimum Gasteiger partial charge on any atom is -0.379 e. The summed E-state index contributed by atoms with van der Waals surface area (Å²) in [6.45, 7) is 10.0. The lowest BCUT2D eigenvalue weighted by atomic mass is 10.0. The molecular formula is C13H24N4O. The quantitative estimate of drug-likeness (QED) is 0.845. The fourth-order valence-corrected chi connectivity index (χ4v) is 2.09. The maximum atomic E-state index is 6.09. The molecule has 1 atom stereocenters. The lowest BCUT2D eigenvalue weighted by molar-refractivity contribution is 0.0364. The normalized spacial score (nSPS) is 19.3. The highest BCUT2D eigenvalue weighted by Gasteiger charge is 2.14. The van der Waals surface area contributed by atoms with Gasteiger partial charge in [-0.2, -0.15) is 0 Å². The van der Waals surface area contributed by atoms with Gasteiger partial charge in [-0.1, -0.05) is 13.8 Å². The van der Waals surface area contributed by atoms with E-state index in [1.54, 1.807) is 0 Å².